The van der Waals surface area contributed by atoms with Gasteiger partial charge in [-0.25, -0.2) is 0 Å². The maximum atomic E-state index is 12.7. The zero-order chi connectivity index (χ0) is 41.5. The zero-order valence-corrected chi connectivity index (χ0v) is 37.9. The van der Waals surface area contributed by atoms with Crippen LogP contribution in [0.4, 0.5) is 0 Å². The molecule has 0 spiro atoms. The number of rotatable bonds is 44. The molecule has 0 radical (unpaired) electrons. The zero-order valence-electron chi connectivity index (χ0n) is 37.9. The van der Waals surface area contributed by atoms with Gasteiger partial charge in [-0.2, -0.15) is 0 Å². The van der Waals surface area contributed by atoms with E-state index in [0.717, 1.165) is 83.5 Å². The van der Waals surface area contributed by atoms with Gasteiger partial charge in [0.15, 0.2) is 6.10 Å². The molecule has 0 rings (SSSR count). The SMILES string of the molecule is CCCCC/C=C\C/C=C\C/C=C\CCCCCCC(=O)OC(COC(=O)CCCCCCCCCCCCC)COC(=O)CCCCCCCCCCCCC. The second-order valence-corrected chi connectivity index (χ2v) is 16.4. The standard InChI is InChI=1S/C51H92O6/c1-4-7-10-13-16-19-22-23-24-25-26-27-30-33-36-39-42-45-51(54)57-48(46-55-49(52)43-40-37-34-31-28-20-17-14-11-8-5-2)47-56-50(53)44-41-38-35-32-29-21-18-15-12-9-6-3/h16,19,23-24,26-27,48H,4-15,17-18,20-22,25,28-47H2,1-3H3/b19-16-,24-23-,27-26-. The smallest absolute Gasteiger partial charge is 0.306 e. The maximum Gasteiger partial charge on any atom is 0.306 e. The van der Waals surface area contributed by atoms with Gasteiger partial charge in [-0.15, -0.1) is 0 Å². The van der Waals surface area contributed by atoms with Gasteiger partial charge in [0.2, 0.25) is 0 Å². The van der Waals surface area contributed by atoms with Crippen molar-refractivity contribution >= 4 is 17.9 Å². The van der Waals surface area contributed by atoms with Crippen molar-refractivity contribution in [2.24, 2.45) is 0 Å². The topological polar surface area (TPSA) is 78.9 Å². The van der Waals surface area contributed by atoms with Crippen molar-refractivity contribution in [1.82, 2.24) is 0 Å². The molecule has 6 nitrogen and oxygen atoms in total. The molecule has 0 aliphatic carbocycles. The molecular weight excluding hydrogens is 709 g/mol. The Kier molecular flexibility index (Phi) is 44.4. The minimum absolute atomic E-state index is 0.0778. The summed E-state index contributed by atoms with van der Waals surface area (Å²) in [5.74, 6) is -0.894. The van der Waals surface area contributed by atoms with E-state index in [-0.39, 0.29) is 31.1 Å². The van der Waals surface area contributed by atoms with Crippen molar-refractivity contribution in [3.05, 3.63) is 36.5 Å². The molecule has 332 valence electrons. The van der Waals surface area contributed by atoms with E-state index in [2.05, 4.69) is 57.2 Å². The van der Waals surface area contributed by atoms with Crippen LogP contribution in [0.1, 0.15) is 252 Å². The lowest BCUT2D eigenvalue weighted by atomic mass is 10.1. The molecule has 57 heavy (non-hydrogen) atoms. The van der Waals surface area contributed by atoms with Crippen molar-refractivity contribution in [3.63, 3.8) is 0 Å². The summed E-state index contributed by atoms with van der Waals surface area (Å²) in [6.45, 7) is 6.58. The summed E-state index contributed by atoms with van der Waals surface area (Å²) in [5, 5.41) is 0. The molecule has 0 N–H and O–H groups in total. The fraction of sp³-hybridized carbons (Fsp3) is 0.824. The average molecular weight is 801 g/mol. The molecule has 0 aromatic carbocycles. The van der Waals surface area contributed by atoms with E-state index in [1.165, 1.54) is 128 Å². The number of hydrogen-bond donors (Lipinski definition) is 0. The van der Waals surface area contributed by atoms with E-state index in [4.69, 9.17) is 14.2 Å². The first-order chi connectivity index (χ1) is 28.0. The molecule has 0 bridgehead atoms. The molecular formula is C51H92O6. The Labute approximate surface area is 353 Å². The summed E-state index contributed by atoms with van der Waals surface area (Å²) in [6.07, 6.45) is 52.6. The Morgan fingerprint density at radius 1 is 0.351 bits per heavy atom. The van der Waals surface area contributed by atoms with Crippen LogP contribution in [0.15, 0.2) is 36.5 Å². The quantitative estimate of drug-likeness (QED) is 0.0264. The molecule has 0 saturated heterocycles. The van der Waals surface area contributed by atoms with E-state index in [0.29, 0.717) is 19.3 Å². The average Bonchev–Trinajstić information content (AvgIpc) is 3.21. The first-order valence-electron chi connectivity index (χ1n) is 24.5. The van der Waals surface area contributed by atoms with Crippen LogP contribution in [0.3, 0.4) is 0 Å². The second kappa shape index (κ2) is 46.3. The molecule has 0 unspecified atom stereocenters. The van der Waals surface area contributed by atoms with Gasteiger partial charge in [0.25, 0.3) is 0 Å². The first-order valence-corrected chi connectivity index (χ1v) is 24.5. The molecule has 0 fully saturated rings. The van der Waals surface area contributed by atoms with E-state index in [1.807, 2.05) is 0 Å². The number of ether oxygens (including phenoxy) is 3. The highest BCUT2D eigenvalue weighted by Crippen LogP contribution is 2.15. The minimum Gasteiger partial charge on any atom is -0.462 e. The number of unbranched alkanes of at least 4 members (excludes halogenated alkanes) is 27. The Hall–Kier alpha value is -2.37. The second-order valence-electron chi connectivity index (χ2n) is 16.4. The van der Waals surface area contributed by atoms with Crippen molar-refractivity contribution in [1.29, 1.82) is 0 Å². The van der Waals surface area contributed by atoms with Crippen LogP contribution in [0.2, 0.25) is 0 Å². The number of carbonyl (C=O) groups excluding carboxylic acids is 3. The molecule has 0 atom stereocenters. The van der Waals surface area contributed by atoms with E-state index < -0.39 is 6.10 Å². The van der Waals surface area contributed by atoms with Gasteiger partial charge in [-0.05, 0) is 57.8 Å². The highest BCUT2D eigenvalue weighted by molar-refractivity contribution is 5.71. The predicted molar refractivity (Wildman–Crippen MR) is 242 cm³/mol. The molecule has 0 saturated carbocycles. The minimum atomic E-state index is -0.777. The van der Waals surface area contributed by atoms with Crippen LogP contribution in [0.5, 0.6) is 0 Å². The molecule has 0 aromatic heterocycles. The summed E-state index contributed by atoms with van der Waals surface area (Å²) >= 11 is 0. The molecule has 6 heteroatoms. The van der Waals surface area contributed by atoms with E-state index in [9.17, 15) is 14.4 Å². The first kappa shape index (κ1) is 54.6. The summed E-state index contributed by atoms with van der Waals surface area (Å²) in [6, 6.07) is 0. The molecule has 0 aromatic rings. The number of esters is 3. The Balaban J connectivity index is 4.39. The molecule has 0 aliphatic heterocycles. The predicted octanol–water partition coefficient (Wildman–Crippen LogP) is 15.8. The van der Waals surface area contributed by atoms with Gasteiger partial charge in [-0.3, -0.25) is 14.4 Å². The summed E-state index contributed by atoms with van der Waals surface area (Å²) in [4.78, 5) is 37.8. The fourth-order valence-corrected chi connectivity index (χ4v) is 6.92. The summed E-state index contributed by atoms with van der Waals surface area (Å²) in [5.41, 5.74) is 0. The van der Waals surface area contributed by atoms with Crippen LogP contribution >= 0.6 is 0 Å². The van der Waals surface area contributed by atoms with E-state index >= 15 is 0 Å². The Morgan fingerprint density at radius 3 is 1.02 bits per heavy atom. The third-order valence-electron chi connectivity index (χ3n) is 10.6. The van der Waals surface area contributed by atoms with Crippen LogP contribution in [0.25, 0.3) is 0 Å². The lowest BCUT2D eigenvalue weighted by molar-refractivity contribution is -0.167. The van der Waals surface area contributed by atoms with Gasteiger partial charge in [-0.1, -0.05) is 211 Å². The maximum absolute atomic E-state index is 12.7. The Bertz CT molecular complexity index is 927. The highest BCUT2D eigenvalue weighted by atomic mass is 16.6. The van der Waals surface area contributed by atoms with Gasteiger partial charge in [0.05, 0.1) is 0 Å². The lowest BCUT2D eigenvalue weighted by Gasteiger charge is -2.18. The van der Waals surface area contributed by atoms with Crippen molar-refractivity contribution in [2.75, 3.05) is 13.2 Å². The number of carbonyl (C=O) groups is 3. The third-order valence-corrected chi connectivity index (χ3v) is 10.6. The van der Waals surface area contributed by atoms with Gasteiger partial charge >= 0.3 is 17.9 Å². The van der Waals surface area contributed by atoms with Gasteiger partial charge < -0.3 is 14.2 Å². The monoisotopic (exact) mass is 801 g/mol. The number of allylic oxidation sites excluding steroid dienone is 6. The van der Waals surface area contributed by atoms with Crippen molar-refractivity contribution in [2.45, 2.75) is 258 Å². The van der Waals surface area contributed by atoms with Crippen LogP contribution in [-0.4, -0.2) is 37.2 Å². The third kappa shape index (κ3) is 44.6. The van der Waals surface area contributed by atoms with Gasteiger partial charge in [0, 0.05) is 19.3 Å². The van der Waals surface area contributed by atoms with E-state index in [1.54, 1.807) is 0 Å². The fourth-order valence-electron chi connectivity index (χ4n) is 6.92. The van der Waals surface area contributed by atoms with Crippen LogP contribution < -0.4 is 0 Å². The summed E-state index contributed by atoms with van der Waals surface area (Å²) < 4.78 is 16.7. The van der Waals surface area contributed by atoms with Crippen LogP contribution in [0, 0.1) is 0 Å². The van der Waals surface area contributed by atoms with Crippen LogP contribution in [-0.2, 0) is 28.6 Å². The normalized spacial score (nSPS) is 11.8. The molecule has 0 aliphatic rings. The lowest BCUT2D eigenvalue weighted by Crippen LogP contribution is -2.30. The van der Waals surface area contributed by atoms with Crippen molar-refractivity contribution in [3.8, 4) is 0 Å². The summed E-state index contributed by atoms with van der Waals surface area (Å²) in [7, 11) is 0. The van der Waals surface area contributed by atoms with Crippen molar-refractivity contribution < 1.29 is 28.6 Å². The largest absolute Gasteiger partial charge is 0.462 e. The number of hydrogen-bond acceptors (Lipinski definition) is 6. The van der Waals surface area contributed by atoms with Gasteiger partial charge in [0.1, 0.15) is 13.2 Å². The Morgan fingerprint density at radius 2 is 0.632 bits per heavy atom. The highest BCUT2D eigenvalue weighted by Gasteiger charge is 2.19. The molecule has 0 amide bonds. The molecule has 0 heterocycles.